The van der Waals surface area contributed by atoms with E-state index in [-0.39, 0.29) is 39.7 Å². The first-order chi connectivity index (χ1) is 6.45. The van der Waals surface area contributed by atoms with Crippen LogP contribution in [0.5, 0.6) is 5.75 Å². The molecule has 0 aromatic heterocycles. The van der Waals surface area contributed by atoms with E-state index in [0.29, 0.717) is 5.75 Å². The predicted molar refractivity (Wildman–Crippen MR) is 58.4 cm³/mol. The normalized spacial score (nSPS) is 10.3. The van der Waals surface area contributed by atoms with E-state index >= 15 is 0 Å². The van der Waals surface area contributed by atoms with Crippen LogP contribution in [0, 0.1) is 0 Å². The molecule has 0 aliphatic carbocycles. The molecule has 0 fully saturated rings. The number of hydrogen-bond donors (Lipinski definition) is 2. The van der Waals surface area contributed by atoms with Gasteiger partial charge in [0.1, 0.15) is 5.75 Å². The number of rotatable bonds is 3. The van der Waals surface area contributed by atoms with Gasteiger partial charge < -0.3 is 4.74 Å². The average Bonchev–Trinajstić information content (AvgIpc) is 2.15. The van der Waals surface area contributed by atoms with Gasteiger partial charge in [-0.05, 0) is 24.3 Å². The zero-order valence-corrected chi connectivity index (χ0v) is 8.23. The van der Waals surface area contributed by atoms with Crippen molar-refractivity contribution in [1.82, 2.24) is 0 Å². The van der Waals surface area contributed by atoms with E-state index in [9.17, 15) is 8.42 Å². The fraction of sp³-hybridized carbons (Fsp3) is 0.143. The van der Waals surface area contributed by atoms with Gasteiger partial charge in [-0.25, -0.2) is 5.84 Å². The van der Waals surface area contributed by atoms with Crippen molar-refractivity contribution in [3.05, 3.63) is 24.3 Å². The Labute approximate surface area is 110 Å². The number of nitrogens with zero attached hydrogens (tertiary/aromatic N) is 1. The van der Waals surface area contributed by atoms with E-state index in [2.05, 4.69) is 0 Å². The summed E-state index contributed by atoms with van der Waals surface area (Å²) in [6.07, 6.45) is 0. The Morgan fingerprint density at radius 3 is 2.13 bits per heavy atom. The van der Waals surface area contributed by atoms with Gasteiger partial charge in [-0.1, -0.05) is 0 Å². The van der Waals surface area contributed by atoms with Crippen LogP contribution in [-0.2, 0) is 10.3 Å². The molecular weight excluding hydrogens is 231 g/mol. The second-order valence-corrected chi connectivity index (χ2v) is 3.76. The maximum atomic E-state index is 10.6. The minimum atomic E-state index is -4.41. The first-order valence-corrected chi connectivity index (χ1v) is 5.01. The molecule has 6 nitrogen and oxygen atoms in total. The summed E-state index contributed by atoms with van der Waals surface area (Å²) in [6, 6.07) is 5.87. The summed E-state index contributed by atoms with van der Waals surface area (Å²) in [4.78, 5) is 0. The van der Waals surface area contributed by atoms with Crippen molar-refractivity contribution in [2.75, 3.05) is 11.5 Å². The summed E-state index contributed by atoms with van der Waals surface area (Å²) in [5.74, 6) is 5.69. The molecule has 0 aliphatic heterocycles. The summed E-state index contributed by atoms with van der Waals surface area (Å²) in [5.41, 5.74) is 0.147. The molecule has 0 bridgehead atoms. The van der Waals surface area contributed by atoms with Crippen LogP contribution in [0.25, 0.3) is 0 Å². The molecule has 0 amide bonds. The Balaban J connectivity index is 0.00000196. The molecule has 0 spiro atoms. The summed E-state index contributed by atoms with van der Waals surface area (Å²) in [5, 5.41) is 0. The molecule has 15 heavy (non-hydrogen) atoms. The van der Waals surface area contributed by atoms with E-state index in [4.69, 9.17) is 15.1 Å². The van der Waals surface area contributed by atoms with Crippen LogP contribution in [0.15, 0.2) is 24.3 Å². The first-order valence-electron chi connectivity index (χ1n) is 3.61. The van der Waals surface area contributed by atoms with Crippen LogP contribution < -0.4 is 15.0 Å². The molecular formula is C7H11N2NaO4S. The van der Waals surface area contributed by atoms with Crippen molar-refractivity contribution in [2.24, 2.45) is 5.84 Å². The molecule has 0 aliphatic rings. The molecule has 1 aromatic rings. The Kier molecular flexibility index (Phi) is 5.57. The molecule has 1 rings (SSSR count). The third kappa shape index (κ3) is 3.98. The number of benzene rings is 1. The van der Waals surface area contributed by atoms with Gasteiger partial charge in [0, 0.05) is 0 Å². The van der Waals surface area contributed by atoms with E-state index in [1.807, 2.05) is 0 Å². The number of hydrogen-bond acceptors (Lipinski definition) is 4. The topological polar surface area (TPSA) is 92.9 Å². The van der Waals surface area contributed by atoms with Crippen molar-refractivity contribution < 1.29 is 17.7 Å². The third-order valence-electron chi connectivity index (χ3n) is 1.58. The number of anilines is 1. The Morgan fingerprint density at radius 2 is 1.80 bits per heavy atom. The van der Waals surface area contributed by atoms with Gasteiger partial charge in [0.2, 0.25) is 0 Å². The van der Waals surface area contributed by atoms with Gasteiger partial charge in [0.15, 0.2) is 0 Å². The van der Waals surface area contributed by atoms with Crippen molar-refractivity contribution >= 4 is 45.5 Å². The number of ether oxygens (including phenoxy) is 1. The van der Waals surface area contributed by atoms with Crippen molar-refractivity contribution in [3.8, 4) is 5.75 Å². The van der Waals surface area contributed by atoms with Gasteiger partial charge in [0.25, 0.3) is 0 Å². The number of nitrogens with two attached hydrogens (primary N) is 1. The second-order valence-electron chi connectivity index (χ2n) is 2.47. The zero-order valence-electron chi connectivity index (χ0n) is 7.41. The molecule has 0 radical (unpaired) electrons. The molecule has 8 heteroatoms. The molecule has 1 aromatic carbocycles. The average molecular weight is 242 g/mol. The van der Waals surface area contributed by atoms with Crippen LogP contribution >= 0.6 is 0 Å². The zero-order chi connectivity index (χ0) is 10.8. The number of methoxy groups -OCH3 is 1. The minimum absolute atomic E-state index is 0. The molecule has 0 unspecified atom stereocenters. The molecule has 0 atom stereocenters. The van der Waals surface area contributed by atoms with Gasteiger partial charge in [-0.3, -0.25) is 4.55 Å². The monoisotopic (exact) mass is 242 g/mol. The molecule has 3 N–H and O–H groups in total. The fourth-order valence-electron chi connectivity index (χ4n) is 0.862. The van der Waals surface area contributed by atoms with Crippen LogP contribution in [0.4, 0.5) is 5.69 Å². The van der Waals surface area contributed by atoms with Gasteiger partial charge in [-0.2, -0.15) is 12.8 Å². The first kappa shape index (κ1) is 14.7. The van der Waals surface area contributed by atoms with E-state index in [1.54, 1.807) is 0 Å². The predicted octanol–water partition coefficient (Wildman–Crippen LogP) is -0.470. The summed E-state index contributed by atoms with van der Waals surface area (Å²) in [6.45, 7) is 0. The molecule has 0 heterocycles. The maximum absolute atomic E-state index is 10.6. The van der Waals surface area contributed by atoms with E-state index in [0.717, 1.165) is 0 Å². The van der Waals surface area contributed by atoms with Crippen molar-refractivity contribution in [1.29, 1.82) is 0 Å². The van der Waals surface area contributed by atoms with Gasteiger partial charge in [0.05, 0.1) is 12.8 Å². The van der Waals surface area contributed by atoms with Gasteiger partial charge >= 0.3 is 39.9 Å². The molecule has 80 valence electrons. The Hall–Kier alpha value is -0.310. The van der Waals surface area contributed by atoms with E-state index in [1.165, 1.54) is 31.4 Å². The van der Waals surface area contributed by atoms with Crippen LogP contribution in [-0.4, -0.2) is 49.6 Å². The van der Waals surface area contributed by atoms with E-state index < -0.39 is 10.3 Å². The second kappa shape index (κ2) is 5.69. The van der Waals surface area contributed by atoms with Crippen LogP contribution in [0.3, 0.4) is 0 Å². The molecule has 0 saturated carbocycles. The third-order valence-corrected chi connectivity index (χ3v) is 2.28. The van der Waals surface area contributed by atoms with Crippen LogP contribution in [0.2, 0.25) is 0 Å². The summed E-state index contributed by atoms with van der Waals surface area (Å²) < 4.78 is 35.0. The SMILES string of the molecule is COc1ccc(N(N)S(=O)(=O)O)cc1.[NaH]. The number of hydrazine groups is 1. The summed E-state index contributed by atoms with van der Waals surface area (Å²) in [7, 11) is -2.92. The van der Waals surface area contributed by atoms with Crippen molar-refractivity contribution in [3.63, 3.8) is 0 Å². The standard InChI is InChI=1S/C7H10N2O4S.Na.H/c1-13-7-4-2-6(3-5-7)9(8)14(10,11)12;;/h2-5H,8H2,1H3,(H,10,11,12);;. The van der Waals surface area contributed by atoms with Gasteiger partial charge in [-0.15, -0.1) is 0 Å². The Morgan fingerprint density at radius 1 is 1.33 bits per heavy atom. The van der Waals surface area contributed by atoms with Crippen molar-refractivity contribution in [2.45, 2.75) is 0 Å². The quantitative estimate of drug-likeness (QED) is 0.323. The fourth-order valence-corrected chi connectivity index (χ4v) is 1.25. The Bertz CT molecular complexity index is 406. The van der Waals surface area contributed by atoms with Crippen LogP contribution in [0.1, 0.15) is 0 Å². The summed E-state index contributed by atoms with van der Waals surface area (Å²) >= 11 is 0. The molecule has 0 saturated heterocycles.